The molecule has 0 fully saturated rings. The van der Waals surface area contributed by atoms with Crippen LogP contribution < -0.4 is 10.0 Å². The van der Waals surface area contributed by atoms with Crippen molar-refractivity contribution >= 4 is 50.8 Å². The number of halogens is 1. The van der Waals surface area contributed by atoms with Crippen LogP contribution in [0.2, 0.25) is 0 Å². The van der Waals surface area contributed by atoms with Gasteiger partial charge in [-0.05, 0) is 50.6 Å². The Morgan fingerprint density at radius 1 is 1.30 bits per heavy atom. The second-order valence-electron chi connectivity index (χ2n) is 8.97. The van der Waals surface area contributed by atoms with E-state index in [1.54, 1.807) is 39.0 Å². The van der Waals surface area contributed by atoms with Gasteiger partial charge in [0.05, 0.1) is 11.3 Å². The van der Waals surface area contributed by atoms with Gasteiger partial charge >= 0.3 is 6.09 Å². The molecule has 1 aromatic rings. The number of hydrogen-bond donors (Lipinski definition) is 2. The van der Waals surface area contributed by atoms with Crippen molar-refractivity contribution in [1.82, 2.24) is 10.0 Å². The Morgan fingerprint density at radius 3 is 2.52 bits per heavy atom. The normalized spacial score (nSPS) is 16.3. The first-order chi connectivity index (χ1) is 15.3. The molecular formula is C22H30ClN3O5S2. The van der Waals surface area contributed by atoms with Crippen molar-refractivity contribution in [3.8, 4) is 0 Å². The molecule has 0 aromatic carbocycles. The minimum Gasteiger partial charge on any atom is -0.444 e. The standard InChI is InChI=1S/C22H30ClN3O5S2/c1-14(2)11-18(24-21(29)31-22(3,4)5)20(28)26-33(30,17-9-8-15(23)12-17)25-19(27)13-16-7-6-10-32-16/h6-8,10,12,14,18H,9,11,13H2,1-5H3,(H,24,29)(H,25,26,27,28,30)/t18-,33?/m0/s1. The molecule has 1 aliphatic carbocycles. The van der Waals surface area contributed by atoms with Crippen LogP contribution in [0.3, 0.4) is 0 Å². The smallest absolute Gasteiger partial charge is 0.408 e. The fraction of sp³-hybridized carbons (Fsp3) is 0.500. The molecule has 1 aliphatic rings. The lowest BCUT2D eigenvalue weighted by Gasteiger charge is -2.23. The lowest BCUT2D eigenvalue weighted by molar-refractivity contribution is -0.120. The number of ether oxygens (including phenoxy) is 1. The summed E-state index contributed by atoms with van der Waals surface area (Å²) in [5.74, 6) is -1.33. The molecule has 182 valence electrons. The van der Waals surface area contributed by atoms with Crippen LogP contribution in [0.5, 0.6) is 0 Å². The maximum atomic E-state index is 13.8. The van der Waals surface area contributed by atoms with E-state index in [-0.39, 0.29) is 30.1 Å². The molecule has 0 spiro atoms. The van der Waals surface area contributed by atoms with Gasteiger partial charge in [0.1, 0.15) is 11.6 Å². The van der Waals surface area contributed by atoms with E-state index in [1.165, 1.54) is 17.4 Å². The number of thiophene rings is 1. The number of carbonyl (C=O) groups is 3. The average molecular weight is 516 g/mol. The number of nitrogens with zero attached hydrogens (tertiary/aromatic N) is 1. The van der Waals surface area contributed by atoms with Gasteiger partial charge in [0, 0.05) is 16.3 Å². The van der Waals surface area contributed by atoms with Gasteiger partial charge in [-0.2, -0.15) is 0 Å². The molecule has 2 rings (SSSR count). The van der Waals surface area contributed by atoms with Crippen LogP contribution in [0.4, 0.5) is 4.79 Å². The topological polar surface area (TPSA) is 114 Å². The highest BCUT2D eigenvalue weighted by Crippen LogP contribution is 2.26. The third-order valence-electron chi connectivity index (χ3n) is 4.23. The number of alkyl carbamates (subject to hydrolysis) is 1. The number of carbonyl (C=O) groups excluding carboxylic acids is 3. The zero-order valence-electron chi connectivity index (χ0n) is 19.3. The molecule has 2 atom stereocenters. The molecule has 0 radical (unpaired) electrons. The first kappa shape index (κ1) is 27.1. The molecule has 1 aromatic heterocycles. The van der Waals surface area contributed by atoms with Crippen molar-refractivity contribution in [1.29, 1.82) is 0 Å². The Kier molecular flexibility index (Phi) is 9.28. The van der Waals surface area contributed by atoms with Crippen LogP contribution in [0.1, 0.15) is 52.3 Å². The maximum Gasteiger partial charge on any atom is 0.408 e. The van der Waals surface area contributed by atoms with Crippen molar-refractivity contribution in [3.63, 3.8) is 0 Å². The summed E-state index contributed by atoms with van der Waals surface area (Å²) >= 11 is 7.40. The summed E-state index contributed by atoms with van der Waals surface area (Å²) in [4.78, 5) is 39.0. The SMILES string of the molecule is CC(C)C[C@H](NC(=O)OC(C)(C)C)C(=O)N=S(=O)(NC(=O)Cc1cccs1)C1=CC(Cl)=CC1. The molecule has 0 saturated carbocycles. The van der Waals surface area contributed by atoms with Gasteiger partial charge < -0.3 is 10.1 Å². The van der Waals surface area contributed by atoms with Gasteiger partial charge in [-0.3, -0.25) is 14.3 Å². The Bertz CT molecular complexity index is 1060. The second kappa shape index (κ2) is 11.3. The average Bonchev–Trinajstić information content (AvgIpc) is 3.30. The van der Waals surface area contributed by atoms with Crippen molar-refractivity contribution in [2.45, 2.75) is 65.5 Å². The quantitative estimate of drug-likeness (QED) is 0.522. The van der Waals surface area contributed by atoms with Gasteiger partial charge in [-0.15, -0.1) is 15.7 Å². The highest BCUT2D eigenvalue weighted by molar-refractivity contribution is 7.96. The van der Waals surface area contributed by atoms with E-state index >= 15 is 0 Å². The highest BCUT2D eigenvalue weighted by atomic mass is 35.5. The van der Waals surface area contributed by atoms with Crippen molar-refractivity contribution < 1.29 is 23.3 Å². The number of hydrogen-bond acceptors (Lipinski definition) is 6. The van der Waals surface area contributed by atoms with Crippen molar-refractivity contribution in [3.05, 3.63) is 44.5 Å². The van der Waals surface area contributed by atoms with Gasteiger partial charge in [0.25, 0.3) is 5.91 Å². The summed E-state index contributed by atoms with van der Waals surface area (Å²) in [7, 11) is -3.64. The van der Waals surface area contributed by atoms with Gasteiger partial charge in [0.2, 0.25) is 5.91 Å². The largest absolute Gasteiger partial charge is 0.444 e. The number of allylic oxidation sites excluding steroid dienone is 4. The van der Waals surface area contributed by atoms with E-state index in [9.17, 15) is 18.6 Å². The zero-order chi connectivity index (χ0) is 24.8. The van der Waals surface area contributed by atoms with E-state index in [4.69, 9.17) is 16.3 Å². The summed E-state index contributed by atoms with van der Waals surface area (Å²) in [5.41, 5.74) is -0.757. The lowest BCUT2D eigenvalue weighted by atomic mass is 10.0. The Labute approximate surface area is 204 Å². The van der Waals surface area contributed by atoms with E-state index < -0.39 is 39.5 Å². The molecule has 0 bridgehead atoms. The van der Waals surface area contributed by atoms with E-state index in [0.717, 1.165) is 4.88 Å². The van der Waals surface area contributed by atoms with Gasteiger partial charge in [0.15, 0.2) is 9.92 Å². The molecule has 0 saturated heterocycles. The summed E-state index contributed by atoms with van der Waals surface area (Å²) in [6.45, 7) is 8.86. The van der Waals surface area contributed by atoms with Crippen LogP contribution >= 0.6 is 22.9 Å². The third kappa shape index (κ3) is 8.94. The maximum absolute atomic E-state index is 13.8. The first-order valence-electron chi connectivity index (χ1n) is 10.5. The van der Waals surface area contributed by atoms with Gasteiger partial charge in [-0.1, -0.05) is 37.6 Å². The molecule has 3 amide bonds. The Hall–Kier alpha value is -2.17. The monoisotopic (exact) mass is 515 g/mol. The highest BCUT2D eigenvalue weighted by Gasteiger charge is 2.29. The molecule has 2 N–H and O–H groups in total. The number of nitrogens with one attached hydrogen (secondary N) is 2. The van der Waals surface area contributed by atoms with Gasteiger partial charge in [-0.25, -0.2) is 9.00 Å². The Balaban J connectivity index is 2.33. The van der Waals surface area contributed by atoms with E-state index in [1.807, 2.05) is 19.2 Å². The minimum absolute atomic E-state index is 0.00160. The zero-order valence-corrected chi connectivity index (χ0v) is 21.7. The number of amides is 3. The van der Waals surface area contributed by atoms with Crippen LogP contribution in [0.15, 0.2) is 44.0 Å². The summed E-state index contributed by atoms with van der Waals surface area (Å²) in [5, 5.41) is 4.69. The second-order valence-corrected chi connectivity index (χ2v) is 12.4. The fourth-order valence-electron chi connectivity index (χ4n) is 2.90. The number of rotatable bonds is 8. The van der Waals surface area contributed by atoms with Crippen molar-refractivity contribution in [2.75, 3.05) is 0 Å². The molecule has 33 heavy (non-hydrogen) atoms. The Morgan fingerprint density at radius 2 is 2.00 bits per heavy atom. The van der Waals surface area contributed by atoms with Crippen LogP contribution in [0.25, 0.3) is 0 Å². The van der Waals surface area contributed by atoms with E-state index in [2.05, 4.69) is 14.4 Å². The van der Waals surface area contributed by atoms with Crippen molar-refractivity contribution in [2.24, 2.45) is 10.3 Å². The van der Waals surface area contributed by atoms with E-state index in [0.29, 0.717) is 5.03 Å². The summed E-state index contributed by atoms with van der Waals surface area (Å²) in [6.07, 6.45) is 2.70. The van der Waals surface area contributed by atoms with Crippen LogP contribution in [-0.2, 0) is 30.7 Å². The molecule has 8 nitrogen and oxygen atoms in total. The summed E-state index contributed by atoms with van der Waals surface area (Å²) < 4.78 is 25.4. The predicted molar refractivity (Wildman–Crippen MR) is 131 cm³/mol. The molecule has 0 aliphatic heterocycles. The summed E-state index contributed by atoms with van der Waals surface area (Å²) in [6, 6.07) is 2.52. The lowest BCUT2D eigenvalue weighted by Crippen LogP contribution is -2.44. The molecule has 11 heteroatoms. The molecular weight excluding hydrogens is 486 g/mol. The fourth-order valence-corrected chi connectivity index (χ4v) is 5.53. The minimum atomic E-state index is -3.64. The van der Waals surface area contributed by atoms with Crippen LogP contribution in [-0.4, -0.2) is 33.8 Å². The molecule has 1 heterocycles. The first-order valence-corrected chi connectivity index (χ1v) is 13.2. The predicted octanol–water partition coefficient (Wildman–Crippen LogP) is 4.67. The van der Waals surface area contributed by atoms with Crippen LogP contribution in [0, 0.1) is 5.92 Å². The third-order valence-corrected chi connectivity index (χ3v) is 7.31. The molecule has 1 unspecified atom stereocenters.